The second kappa shape index (κ2) is 10.9. The Bertz CT molecular complexity index is 1630. The fraction of sp³-hybridized carbons (Fsp3) is 0.0370. The number of halogens is 1. The molecule has 10 nitrogen and oxygen atoms in total. The van der Waals surface area contributed by atoms with Crippen LogP contribution >= 0.6 is 11.6 Å². The number of carbonyl (C=O) groups is 1. The van der Waals surface area contributed by atoms with Gasteiger partial charge in [0.2, 0.25) is 0 Å². The second-order valence-corrected chi connectivity index (χ2v) is 8.50. The van der Waals surface area contributed by atoms with Gasteiger partial charge in [0.25, 0.3) is 5.69 Å². The lowest BCUT2D eigenvalue weighted by molar-refractivity contribution is -0.384. The lowest BCUT2D eigenvalue weighted by Gasteiger charge is -2.01. The number of nitrogens with zero attached hydrogens (tertiary/aromatic N) is 6. The predicted octanol–water partition coefficient (Wildman–Crippen LogP) is 5.44. The lowest BCUT2D eigenvalue weighted by atomic mass is 10.1. The molecule has 0 aliphatic carbocycles. The van der Waals surface area contributed by atoms with Crippen LogP contribution in [0.4, 0.5) is 5.69 Å². The molecule has 5 rings (SSSR count). The minimum Gasteiger partial charge on any atom is -0.456 e. The number of para-hydroxylation sites is 3. The molecule has 0 amide bonds. The molecular weight excluding hydrogens is 508 g/mol. The van der Waals surface area contributed by atoms with Crippen LogP contribution in [0.5, 0.6) is 0 Å². The van der Waals surface area contributed by atoms with Crippen LogP contribution in [-0.2, 0) is 16.1 Å². The van der Waals surface area contributed by atoms with Gasteiger partial charge in [0.15, 0.2) is 0 Å². The van der Waals surface area contributed by atoms with Crippen LogP contribution in [-0.4, -0.2) is 35.7 Å². The third-order valence-electron chi connectivity index (χ3n) is 5.51. The monoisotopic (exact) mass is 526 g/mol. The van der Waals surface area contributed by atoms with E-state index < -0.39 is 10.9 Å². The number of hydrogen-bond acceptors (Lipinski definition) is 7. The van der Waals surface area contributed by atoms with E-state index in [9.17, 15) is 14.9 Å². The van der Waals surface area contributed by atoms with Gasteiger partial charge in [0.1, 0.15) is 18.0 Å². The summed E-state index contributed by atoms with van der Waals surface area (Å²) in [5.74, 6) is -0.597. The van der Waals surface area contributed by atoms with Crippen molar-refractivity contribution in [3.63, 3.8) is 0 Å². The molecule has 0 bridgehead atoms. The summed E-state index contributed by atoms with van der Waals surface area (Å²) in [4.78, 5) is 23.3. The molecule has 11 heteroatoms. The van der Waals surface area contributed by atoms with Crippen molar-refractivity contribution in [2.24, 2.45) is 0 Å². The van der Waals surface area contributed by atoms with E-state index in [1.54, 1.807) is 41.1 Å². The van der Waals surface area contributed by atoms with Gasteiger partial charge in [-0.15, -0.1) is 5.10 Å². The fourth-order valence-electron chi connectivity index (χ4n) is 3.70. The van der Waals surface area contributed by atoms with Crippen molar-refractivity contribution in [1.29, 1.82) is 0 Å². The van der Waals surface area contributed by atoms with Gasteiger partial charge in [-0.2, -0.15) is 5.10 Å². The van der Waals surface area contributed by atoms with Crippen molar-refractivity contribution < 1.29 is 14.5 Å². The van der Waals surface area contributed by atoms with Crippen molar-refractivity contribution >= 4 is 29.3 Å². The van der Waals surface area contributed by atoms with Crippen molar-refractivity contribution in [3.8, 4) is 22.6 Å². The molecule has 2 heterocycles. The Kier molecular flexibility index (Phi) is 7.05. The maximum absolute atomic E-state index is 12.5. The molecule has 0 radical (unpaired) electrons. The summed E-state index contributed by atoms with van der Waals surface area (Å²) in [5.41, 5.74) is 3.56. The topological polar surface area (TPSA) is 118 Å². The highest BCUT2D eigenvalue weighted by Crippen LogP contribution is 2.26. The zero-order chi connectivity index (χ0) is 26.5. The Morgan fingerprint density at radius 1 is 0.974 bits per heavy atom. The number of esters is 1. The van der Waals surface area contributed by atoms with Gasteiger partial charge < -0.3 is 4.74 Å². The van der Waals surface area contributed by atoms with E-state index in [0.29, 0.717) is 22.0 Å². The molecule has 0 unspecified atom stereocenters. The minimum atomic E-state index is -0.597. The van der Waals surface area contributed by atoms with Crippen LogP contribution in [0.2, 0.25) is 5.02 Å². The Balaban J connectivity index is 1.32. The van der Waals surface area contributed by atoms with Crippen LogP contribution in [0.15, 0.2) is 97.3 Å². The molecule has 0 saturated heterocycles. The molecule has 38 heavy (non-hydrogen) atoms. The fourth-order valence-corrected chi connectivity index (χ4v) is 3.83. The first-order valence-corrected chi connectivity index (χ1v) is 11.8. The first-order valence-electron chi connectivity index (χ1n) is 11.4. The summed E-state index contributed by atoms with van der Waals surface area (Å²) in [5, 5.41) is 24.4. The number of nitro benzene ring substituents is 1. The van der Waals surface area contributed by atoms with Crippen molar-refractivity contribution in [1.82, 2.24) is 24.8 Å². The Labute approximate surface area is 221 Å². The summed E-state index contributed by atoms with van der Waals surface area (Å²) >= 11 is 6.04. The van der Waals surface area contributed by atoms with Gasteiger partial charge in [0.05, 0.1) is 22.5 Å². The standard InChI is InChI=1S/C27H19ClN6O4/c28-21-13-10-19(11-14-21)27-20(16-32(30-27)23-6-2-1-3-7-23)12-15-26(35)38-18-22-17-33(31-29-22)24-8-4-5-9-25(24)34(36)37/h1-17H,18H2/b15-12+. The van der Waals surface area contributed by atoms with E-state index >= 15 is 0 Å². The summed E-state index contributed by atoms with van der Waals surface area (Å²) in [6.07, 6.45) is 6.23. The Morgan fingerprint density at radius 3 is 2.47 bits per heavy atom. The average molecular weight is 527 g/mol. The summed E-state index contributed by atoms with van der Waals surface area (Å²) in [7, 11) is 0. The minimum absolute atomic E-state index is 0.114. The highest BCUT2D eigenvalue weighted by molar-refractivity contribution is 6.30. The molecule has 2 aromatic heterocycles. The van der Waals surface area contributed by atoms with Gasteiger partial charge in [-0.25, -0.2) is 14.2 Å². The molecule has 0 fully saturated rings. The predicted molar refractivity (Wildman–Crippen MR) is 141 cm³/mol. The summed E-state index contributed by atoms with van der Waals surface area (Å²) in [6, 6.07) is 23.0. The van der Waals surface area contributed by atoms with Gasteiger partial charge in [0, 0.05) is 34.5 Å². The zero-order valence-electron chi connectivity index (χ0n) is 19.7. The van der Waals surface area contributed by atoms with Crippen molar-refractivity contribution in [3.05, 3.63) is 124 Å². The first kappa shape index (κ1) is 24.6. The molecule has 0 saturated carbocycles. The highest BCUT2D eigenvalue weighted by Gasteiger charge is 2.16. The summed E-state index contributed by atoms with van der Waals surface area (Å²) < 4.78 is 8.31. The molecule has 0 atom stereocenters. The van der Waals surface area contributed by atoms with E-state index in [-0.39, 0.29) is 18.0 Å². The van der Waals surface area contributed by atoms with E-state index in [1.807, 2.05) is 48.7 Å². The molecule has 0 aliphatic heterocycles. The number of nitro groups is 1. The van der Waals surface area contributed by atoms with Crippen LogP contribution in [0.25, 0.3) is 28.7 Å². The third kappa shape index (κ3) is 5.50. The normalized spacial score (nSPS) is 11.1. The molecule has 0 spiro atoms. The van der Waals surface area contributed by atoms with Gasteiger partial charge >= 0.3 is 5.97 Å². The lowest BCUT2D eigenvalue weighted by Crippen LogP contribution is -2.01. The van der Waals surface area contributed by atoms with Crippen molar-refractivity contribution in [2.45, 2.75) is 6.61 Å². The molecule has 3 aromatic carbocycles. The molecule has 188 valence electrons. The SMILES string of the molecule is O=C(/C=C/c1cn(-c2ccccc2)nc1-c1ccc(Cl)cc1)OCc1cn(-c2ccccc2[N+](=O)[O-])nn1. The smallest absolute Gasteiger partial charge is 0.331 e. The third-order valence-corrected chi connectivity index (χ3v) is 5.76. The quantitative estimate of drug-likeness (QED) is 0.114. The summed E-state index contributed by atoms with van der Waals surface area (Å²) in [6.45, 7) is -0.156. The maximum Gasteiger partial charge on any atom is 0.331 e. The van der Waals surface area contributed by atoms with Crippen LogP contribution in [0.3, 0.4) is 0 Å². The van der Waals surface area contributed by atoms with Crippen molar-refractivity contribution in [2.75, 3.05) is 0 Å². The van der Waals surface area contributed by atoms with E-state index in [1.165, 1.54) is 23.0 Å². The molecular formula is C27H19ClN6O4. The zero-order valence-corrected chi connectivity index (χ0v) is 20.5. The number of benzene rings is 3. The van der Waals surface area contributed by atoms with Crippen LogP contribution < -0.4 is 0 Å². The van der Waals surface area contributed by atoms with Crippen LogP contribution in [0, 0.1) is 10.1 Å². The van der Waals surface area contributed by atoms with Gasteiger partial charge in [-0.3, -0.25) is 10.1 Å². The maximum atomic E-state index is 12.5. The molecule has 0 N–H and O–H groups in total. The largest absolute Gasteiger partial charge is 0.456 e. The number of carbonyl (C=O) groups excluding carboxylic acids is 1. The average Bonchev–Trinajstić information content (AvgIpc) is 3.59. The number of ether oxygens (including phenoxy) is 1. The number of rotatable bonds is 8. The second-order valence-electron chi connectivity index (χ2n) is 8.06. The number of aromatic nitrogens is 5. The van der Waals surface area contributed by atoms with Gasteiger partial charge in [-0.1, -0.05) is 59.3 Å². The van der Waals surface area contributed by atoms with E-state index in [4.69, 9.17) is 21.4 Å². The first-order chi connectivity index (χ1) is 18.5. The molecule has 5 aromatic rings. The van der Waals surface area contributed by atoms with E-state index in [0.717, 1.165) is 11.3 Å². The Hall–Kier alpha value is -5.09. The Morgan fingerprint density at radius 2 is 1.71 bits per heavy atom. The highest BCUT2D eigenvalue weighted by atomic mass is 35.5. The van der Waals surface area contributed by atoms with Crippen LogP contribution in [0.1, 0.15) is 11.3 Å². The number of hydrogen-bond donors (Lipinski definition) is 0. The van der Waals surface area contributed by atoms with E-state index in [2.05, 4.69) is 10.3 Å². The van der Waals surface area contributed by atoms with Gasteiger partial charge in [-0.05, 0) is 36.4 Å². The molecule has 0 aliphatic rings.